The Morgan fingerprint density at radius 2 is 1.69 bits per heavy atom. The maximum Gasteiger partial charge on any atom is 0.337 e. The molecule has 32 heavy (non-hydrogen) atoms. The third kappa shape index (κ3) is 5.19. The van der Waals surface area contributed by atoms with Crippen LogP contribution in [0.25, 0.3) is 0 Å². The number of benzene rings is 3. The van der Waals surface area contributed by atoms with E-state index in [2.05, 4.69) is 10.5 Å². The smallest absolute Gasteiger partial charge is 0.337 e. The van der Waals surface area contributed by atoms with E-state index in [1.807, 2.05) is 0 Å². The molecule has 10 heteroatoms. The lowest BCUT2D eigenvalue weighted by atomic mass is 9.98. The van der Waals surface area contributed by atoms with Crippen LogP contribution in [0.2, 0.25) is 5.02 Å². The predicted molar refractivity (Wildman–Crippen MR) is 120 cm³/mol. The number of hydrogen-bond donors (Lipinski definition) is 2. The molecule has 0 radical (unpaired) electrons. The molecule has 3 aromatic carbocycles. The minimum atomic E-state index is -3.46. The molecule has 164 valence electrons. The van der Waals surface area contributed by atoms with Crippen LogP contribution in [0.1, 0.15) is 37.9 Å². The topological polar surface area (TPSA) is 130 Å². The molecule has 0 spiro atoms. The Kier molecular flexibility index (Phi) is 6.71. The van der Waals surface area contributed by atoms with Crippen molar-refractivity contribution in [2.45, 2.75) is 10.9 Å². The first-order valence-corrected chi connectivity index (χ1v) is 11.4. The second-order valence-corrected chi connectivity index (χ2v) is 9.38. The fourth-order valence-electron chi connectivity index (χ4n) is 3.04. The summed E-state index contributed by atoms with van der Waals surface area (Å²) >= 11 is 5.82. The Bertz CT molecular complexity index is 1310. The molecule has 0 aliphatic heterocycles. The van der Waals surface area contributed by atoms with Gasteiger partial charge in [-0.1, -0.05) is 41.0 Å². The Hall–Kier alpha value is -3.56. The van der Waals surface area contributed by atoms with E-state index in [9.17, 15) is 28.0 Å². The fourth-order valence-corrected chi connectivity index (χ4v) is 3.89. The van der Waals surface area contributed by atoms with Crippen LogP contribution in [-0.2, 0) is 9.84 Å². The number of anilines is 1. The molecule has 0 saturated carbocycles. The summed E-state index contributed by atoms with van der Waals surface area (Å²) in [6.07, 6.45) is 1.07. The van der Waals surface area contributed by atoms with Crippen molar-refractivity contribution in [3.8, 4) is 0 Å². The van der Waals surface area contributed by atoms with Gasteiger partial charge in [-0.2, -0.15) is 0 Å². The number of amides is 1. The van der Waals surface area contributed by atoms with E-state index >= 15 is 0 Å². The number of carbonyl (C=O) groups excluding carboxylic acids is 1. The first-order valence-electron chi connectivity index (χ1n) is 9.17. The van der Waals surface area contributed by atoms with Gasteiger partial charge < -0.3 is 10.4 Å². The van der Waals surface area contributed by atoms with Gasteiger partial charge in [0.1, 0.15) is 6.04 Å². The molecule has 0 saturated heterocycles. The highest BCUT2D eigenvalue weighted by atomic mass is 35.5. The normalized spacial score (nSPS) is 12.1. The molecule has 3 aromatic rings. The number of nitrogens with one attached hydrogen (secondary N) is 1. The molecule has 0 bridgehead atoms. The number of aromatic carboxylic acids is 1. The Morgan fingerprint density at radius 1 is 1.00 bits per heavy atom. The van der Waals surface area contributed by atoms with Crippen LogP contribution < -0.4 is 5.32 Å². The highest BCUT2D eigenvalue weighted by Gasteiger charge is 2.19. The van der Waals surface area contributed by atoms with Crippen LogP contribution in [-0.4, -0.2) is 31.7 Å². The van der Waals surface area contributed by atoms with Crippen LogP contribution in [0.15, 0.2) is 76.8 Å². The van der Waals surface area contributed by atoms with Gasteiger partial charge in [0.2, 0.25) is 0 Å². The molecular weight excluding hydrogens is 456 g/mol. The SMILES string of the molecule is CS(=O)(=O)c1cccc(C(N=O)c2ccc(C(=O)Nc3ccc(Cl)cc3C(=O)O)cc2)c1. The number of rotatable bonds is 7. The zero-order valence-corrected chi connectivity index (χ0v) is 18.2. The van der Waals surface area contributed by atoms with Crippen LogP contribution >= 0.6 is 11.6 Å². The second kappa shape index (κ2) is 9.29. The first-order chi connectivity index (χ1) is 15.1. The largest absolute Gasteiger partial charge is 0.478 e. The van der Waals surface area contributed by atoms with E-state index in [4.69, 9.17) is 11.6 Å². The number of carboxylic acids is 1. The lowest BCUT2D eigenvalue weighted by Crippen LogP contribution is -2.15. The summed E-state index contributed by atoms with van der Waals surface area (Å²) in [6.45, 7) is 0. The number of nitrogens with zero attached hydrogens (tertiary/aromatic N) is 1. The van der Waals surface area contributed by atoms with Gasteiger partial charge in [0.15, 0.2) is 9.84 Å². The second-order valence-electron chi connectivity index (χ2n) is 6.92. The maximum absolute atomic E-state index is 12.6. The maximum atomic E-state index is 12.6. The van der Waals surface area contributed by atoms with Gasteiger partial charge in [-0.05, 0) is 53.6 Å². The average Bonchev–Trinajstić information content (AvgIpc) is 2.75. The van der Waals surface area contributed by atoms with E-state index in [1.165, 1.54) is 60.7 Å². The third-order valence-corrected chi connectivity index (χ3v) is 6.00. The average molecular weight is 473 g/mol. The zero-order chi connectivity index (χ0) is 23.5. The van der Waals surface area contributed by atoms with Gasteiger partial charge in [-0.3, -0.25) is 4.79 Å². The monoisotopic (exact) mass is 472 g/mol. The molecule has 1 unspecified atom stereocenters. The van der Waals surface area contributed by atoms with Crippen molar-refractivity contribution in [1.82, 2.24) is 0 Å². The first kappa shape index (κ1) is 23.1. The Morgan fingerprint density at radius 3 is 2.28 bits per heavy atom. The predicted octanol–water partition coefficient (Wildman–Crippen LogP) is 4.55. The molecule has 1 atom stereocenters. The van der Waals surface area contributed by atoms with Crippen molar-refractivity contribution in [3.05, 3.63) is 98.9 Å². The van der Waals surface area contributed by atoms with Crippen molar-refractivity contribution in [1.29, 1.82) is 0 Å². The molecule has 0 aliphatic carbocycles. The van der Waals surface area contributed by atoms with Gasteiger partial charge in [0.05, 0.1) is 16.1 Å². The standard InChI is InChI=1S/C22H17ClN2O6S/c1-32(30,31)17-4-2-3-15(11-17)20(25-29)13-5-7-14(8-6-13)21(26)24-19-10-9-16(23)12-18(19)22(27)28/h2-12,20H,1H3,(H,24,26)(H,27,28). The van der Waals surface area contributed by atoms with Crippen molar-refractivity contribution >= 4 is 39.0 Å². The van der Waals surface area contributed by atoms with Crippen LogP contribution in [0.4, 0.5) is 5.69 Å². The van der Waals surface area contributed by atoms with E-state index in [-0.39, 0.29) is 26.7 Å². The van der Waals surface area contributed by atoms with E-state index in [0.717, 1.165) is 6.26 Å². The van der Waals surface area contributed by atoms with Gasteiger partial charge in [-0.15, -0.1) is 4.91 Å². The summed E-state index contributed by atoms with van der Waals surface area (Å²) in [5.41, 5.74) is 1.00. The van der Waals surface area contributed by atoms with Gasteiger partial charge in [0.25, 0.3) is 5.91 Å². The van der Waals surface area contributed by atoms with Gasteiger partial charge >= 0.3 is 5.97 Å². The number of nitroso groups, excluding NO2 is 1. The summed E-state index contributed by atoms with van der Waals surface area (Å²) in [4.78, 5) is 35.5. The Labute approximate surface area is 188 Å². The molecule has 3 rings (SSSR count). The number of hydrogen-bond acceptors (Lipinski definition) is 6. The van der Waals surface area contributed by atoms with E-state index < -0.39 is 27.8 Å². The molecule has 8 nitrogen and oxygen atoms in total. The Balaban J connectivity index is 1.85. The van der Waals surface area contributed by atoms with Crippen LogP contribution in [0.3, 0.4) is 0 Å². The highest BCUT2D eigenvalue weighted by Crippen LogP contribution is 2.28. The molecule has 0 aliphatic rings. The third-order valence-electron chi connectivity index (χ3n) is 4.66. The van der Waals surface area contributed by atoms with E-state index in [0.29, 0.717) is 11.1 Å². The molecule has 0 aromatic heterocycles. The molecule has 2 N–H and O–H groups in total. The van der Waals surface area contributed by atoms with Crippen molar-refractivity contribution in [2.75, 3.05) is 11.6 Å². The van der Waals surface area contributed by atoms with Crippen LogP contribution in [0, 0.1) is 4.91 Å². The molecule has 1 amide bonds. The summed E-state index contributed by atoms with van der Waals surface area (Å²) in [5, 5.41) is 15.1. The lowest BCUT2D eigenvalue weighted by Gasteiger charge is -2.12. The van der Waals surface area contributed by atoms with Gasteiger partial charge in [-0.25, -0.2) is 13.2 Å². The fraction of sp³-hybridized carbons (Fsp3) is 0.0909. The zero-order valence-electron chi connectivity index (χ0n) is 16.7. The molecule has 0 fully saturated rings. The summed E-state index contributed by atoms with van der Waals surface area (Å²) in [5.74, 6) is -1.80. The summed E-state index contributed by atoms with van der Waals surface area (Å²) in [7, 11) is -3.46. The van der Waals surface area contributed by atoms with Crippen molar-refractivity contribution in [2.24, 2.45) is 5.18 Å². The molecule has 0 heterocycles. The quantitative estimate of drug-likeness (QED) is 0.485. The van der Waals surface area contributed by atoms with Crippen LogP contribution in [0.5, 0.6) is 0 Å². The highest BCUT2D eigenvalue weighted by molar-refractivity contribution is 7.90. The summed E-state index contributed by atoms with van der Waals surface area (Å²) < 4.78 is 23.6. The molecular formula is C22H17ClN2O6S. The lowest BCUT2D eigenvalue weighted by molar-refractivity contribution is 0.0698. The van der Waals surface area contributed by atoms with Gasteiger partial charge in [0, 0.05) is 16.8 Å². The van der Waals surface area contributed by atoms with Crippen molar-refractivity contribution < 1.29 is 23.1 Å². The number of halogens is 1. The minimum absolute atomic E-state index is 0.0665. The number of carboxylic acid groups (broad SMARTS) is 1. The van der Waals surface area contributed by atoms with Crippen molar-refractivity contribution in [3.63, 3.8) is 0 Å². The minimum Gasteiger partial charge on any atom is -0.478 e. The van der Waals surface area contributed by atoms with E-state index in [1.54, 1.807) is 6.07 Å². The number of sulfone groups is 1. The summed E-state index contributed by atoms with van der Waals surface area (Å²) in [6, 6.07) is 15.0. The number of carbonyl (C=O) groups is 2.